The van der Waals surface area contributed by atoms with Crippen molar-refractivity contribution in [3.63, 3.8) is 0 Å². The summed E-state index contributed by atoms with van der Waals surface area (Å²) in [6, 6.07) is 0.554. The lowest BCUT2D eigenvalue weighted by atomic mass is 9.96. The number of nitrogens with zero attached hydrogens (tertiary/aromatic N) is 2. The Bertz CT molecular complexity index is 335. The third kappa shape index (κ3) is 6.43. The first-order chi connectivity index (χ1) is 9.24. The summed E-state index contributed by atoms with van der Waals surface area (Å²) in [5.74, 6) is 0.635. The van der Waals surface area contributed by atoms with Crippen molar-refractivity contribution >= 4 is 29.9 Å². The van der Waals surface area contributed by atoms with Crippen molar-refractivity contribution in [3.8, 4) is 0 Å². The average Bonchev–Trinajstić information content (AvgIpc) is 2.42. The molecule has 1 fully saturated rings. The Morgan fingerprint density at radius 2 is 2.15 bits per heavy atom. The van der Waals surface area contributed by atoms with Crippen LogP contribution in [0.25, 0.3) is 0 Å². The molecule has 20 heavy (non-hydrogen) atoms. The SMILES string of the molecule is CC1=CCN(CCN=C(N)NC2CCCCC2)CC1.I. The highest BCUT2D eigenvalue weighted by molar-refractivity contribution is 14.0. The molecular weight excluding hydrogens is 363 g/mol. The second-order valence-electron chi connectivity index (χ2n) is 5.85. The van der Waals surface area contributed by atoms with Crippen LogP contribution in [-0.2, 0) is 0 Å². The lowest BCUT2D eigenvalue weighted by Gasteiger charge is -2.25. The fraction of sp³-hybridized carbons (Fsp3) is 0.800. The Kier molecular flexibility index (Phi) is 8.52. The van der Waals surface area contributed by atoms with E-state index in [4.69, 9.17) is 5.73 Å². The highest BCUT2D eigenvalue weighted by Crippen LogP contribution is 2.17. The van der Waals surface area contributed by atoms with Gasteiger partial charge in [0.1, 0.15) is 0 Å². The van der Waals surface area contributed by atoms with E-state index in [0.717, 1.165) is 26.2 Å². The van der Waals surface area contributed by atoms with Gasteiger partial charge in [0, 0.05) is 25.7 Å². The maximum atomic E-state index is 5.95. The lowest BCUT2D eigenvalue weighted by molar-refractivity contribution is 0.302. The van der Waals surface area contributed by atoms with E-state index < -0.39 is 0 Å². The van der Waals surface area contributed by atoms with E-state index in [1.54, 1.807) is 0 Å². The first kappa shape index (κ1) is 17.8. The van der Waals surface area contributed by atoms with E-state index in [1.165, 1.54) is 44.1 Å². The van der Waals surface area contributed by atoms with Crippen molar-refractivity contribution < 1.29 is 0 Å². The van der Waals surface area contributed by atoms with E-state index in [9.17, 15) is 0 Å². The maximum Gasteiger partial charge on any atom is 0.188 e. The van der Waals surface area contributed by atoms with Crippen LogP contribution in [0.2, 0.25) is 0 Å². The van der Waals surface area contributed by atoms with Crippen LogP contribution in [0.5, 0.6) is 0 Å². The van der Waals surface area contributed by atoms with Crippen LogP contribution >= 0.6 is 24.0 Å². The fourth-order valence-corrected chi connectivity index (χ4v) is 2.83. The quantitative estimate of drug-likeness (QED) is 0.335. The molecule has 4 nitrogen and oxygen atoms in total. The Morgan fingerprint density at radius 3 is 2.80 bits per heavy atom. The molecule has 0 aromatic rings. The van der Waals surface area contributed by atoms with Gasteiger partial charge in [0.25, 0.3) is 0 Å². The molecule has 0 saturated heterocycles. The number of nitrogens with one attached hydrogen (secondary N) is 1. The minimum absolute atomic E-state index is 0. The summed E-state index contributed by atoms with van der Waals surface area (Å²) in [5, 5.41) is 3.36. The number of rotatable bonds is 4. The zero-order chi connectivity index (χ0) is 13.5. The standard InChI is InChI=1S/C15H28N4.HI/c1-13-7-10-19(11-8-13)12-9-17-15(16)18-14-5-3-2-4-6-14;/h7,14H,2-6,8-12H2,1H3,(H3,16,17,18);1H. The molecule has 0 spiro atoms. The van der Waals surface area contributed by atoms with Gasteiger partial charge in [-0.2, -0.15) is 0 Å². The topological polar surface area (TPSA) is 53.6 Å². The molecule has 1 aliphatic carbocycles. The van der Waals surface area contributed by atoms with Gasteiger partial charge < -0.3 is 11.1 Å². The number of nitrogens with two attached hydrogens (primary N) is 1. The zero-order valence-corrected chi connectivity index (χ0v) is 14.9. The monoisotopic (exact) mass is 392 g/mol. The molecule has 1 heterocycles. The molecule has 3 N–H and O–H groups in total. The van der Waals surface area contributed by atoms with Gasteiger partial charge in [0.05, 0.1) is 6.54 Å². The second-order valence-corrected chi connectivity index (χ2v) is 5.85. The first-order valence-electron chi connectivity index (χ1n) is 7.68. The van der Waals surface area contributed by atoms with Crippen LogP contribution in [0.1, 0.15) is 45.4 Å². The van der Waals surface area contributed by atoms with Crippen molar-refractivity contribution in [1.29, 1.82) is 0 Å². The highest BCUT2D eigenvalue weighted by atomic mass is 127. The number of hydrogen-bond donors (Lipinski definition) is 2. The molecule has 0 amide bonds. The lowest BCUT2D eigenvalue weighted by Crippen LogP contribution is -2.41. The van der Waals surface area contributed by atoms with Crippen molar-refractivity contribution in [2.24, 2.45) is 10.7 Å². The van der Waals surface area contributed by atoms with E-state index in [1.807, 2.05) is 0 Å². The highest BCUT2D eigenvalue weighted by Gasteiger charge is 2.13. The number of aliphatic imine (C=N–C) groups is 1. The summed E-state index contributed by atoms with van der Waals surface area (Å²) in [7, 11) is 0. The Balaban J connectivity index is 0.00000200. The van der Waals surface area contributed by atoms with Gasteiger partial charge in [-0.1, -0.05) is 30.9 Å². The summed E-state index contributed by atoms with van der Waals surface area (Å²) < 4.78 is 0. The molecule has 1 saturated carbocycles. The Hall–Kier alpha value is -0.300. The van der Waals surface area contributed by atoms with Gasteiger partial charge >= 0.3 is 0 Å². The summed E-state index contributed by atoms with van der Waals surface area (Å²) in [6.07, 6.45) is 10.0. The van der Waals surface area contributed by atoms with Gasteiger partial charge in [-0.05, 0) is 26.2 Å². The Morgan fingerprint density at radius 1 is 1.40 bits per heavy atom. The molecule has 0 atom stereocenters. The summed E-state index contributed by atoms with van der Waals surface area (Å²) in [5.41, 5.74) is 7.46. The second kappa shape index (κ2) is 9.60. The van der Waals surface area contributed by atoms with Gasteiger partial charge in [-0.3, -0.25) is 9.89 Å². The minimum Gasteiger partial charge on any atom is -0.370 e. The Labute approximate surface area is 140 Å². The predicted octanol–water partition coefficient (Wildman–Crippen LogP) is 2.49. The molecular formula is C15H29IN4. The fourth-order valence-electron chi connectivity index (χ4n) is 2.83. The number of hydrogen-bond acceptors (Lipinski definition) is 2. The molecule has 0 bridgehead atoms. The van der Waals surface area contributed by atoms with Gasteiger partial charge in [0.15, 0.2) is 5.96 Å². The van der Waals surface area contributed by atoms with E-state index in [0.29, 0.717) is 12.0 Å². The molecule has 0 radical (unpaired) electrons. The molecule has 0 aromatic carbocycles. The molecule has 1 aliphatic heterocycles. The van der Waals surface area contributed by atoms with Crippen LogP contribution in [-0.4, -0.2) is 43.1 Å². The number of halogens is 1. The molecule has 2 aliphatic rings. The molecule has 2 rings (SSSR count). The number of guanidine groups is 1. The van der Waals surface area contributed by atoms with Crippen LogP contribution in [0, 0.1) is 0 Å². The van der Waals surface area contributed by atoms with Crippen LogP contribution in [0.3, 0.4) is 0 Å². The van der Waals surface area contributed by atoms with Crippen molar-refractivity contribution in [1.82, 2.24) is 10.2 Å². The van der Waals surface area contributed by atoms with E-state index in [2.05, 4.69) is 28.2 Å². The van der Waals surface area contributed by atoms with Gasteiger partial charge in [0.2, 0.25) is 0 Å². The van der Waals surface area contributed by atoms with E-state index in [-0.39, 0.29) is 24.0 Å². The van der Waals surface area contributed by atoms with Crippen LogP contribution < -0.4 is 11.1 Å². The molecule has 0 aromatic heterocycles. The minimum atomic E-state index is 0. The van der Waals surface area contributed by atoms with E-state index >= 15 is 0 Å². The van der Waals surface area contributed by atoms with Crippen LogP contribution in [0.4, 0.5) is 0 Å². The summed E-state index contributed by atoms with van der Waals surface area (Å²) >= 11 is 0. The van der Waals surface area contributed by atoms with Gasteiger partial charge in [-0.15, -0.1) is 24.0 Å². The third-order valence-corrected chi connectivity index (χ3v) is 4.18. The molecule has 116 valence electrons. The van der Waals surface area contributed by atoms with Crippen molar-refractivity contribution in [3.05, 3.63) is 11.6 Å². The summed E-state index contributed by atoms with van der Waals surface area (Å²) in [4.78, 5) is 6.89. The molecule has 5 heteroatoms. The largest absolute Gasteiger partial charge is 0.370 e. The maximum absolute atomic E-state index is 5.95. The third-order valence-electron chi connectivity index (χ3n) is 4.18. The smallest absolute Gasteiger partial charge is 0.188 e. The van der Waals surface area contributed by atoms with Gasteiger partial charge in [-0.25, -0.2) is 0 Å². The first-order valence-corrected chi connectivity index (χ1v) is 7.68. The molecule has 0 unspecified atom stereocenters. The predicted molar refractivity (Wildman–Crippen MR) is 96.7 cm³/mol. The van der Waals surface area contributed by atoms with Crippen LogP contribution in [0.15, 0.2) is 16.6 Å². The zero-order valence-electron chi connectivity index (χ0n) is 12.6. The van der Waals surface area contributed by atoms with Crippen molar-refractivity contribution in [2.45, 2.75) is 51.5 Å². The summed E-state index contributed by atoms with van der Waals surface area (Å²) in [6.45, 7) is 6.25. The average molecular weight is 392 g/mol. The normalized spacial score (nSPS) is 22.1. The van der Waals surface area contributed by atoms with Crippen molar-refractivity contribution in [2.75, 3.05) is 26.2 Å².